The molecule has 16 heavy (non-hydrogen) atoms. The lowest BCUT2D eigenvalue weighted by Crippen LogP contribution is -2.23. The molecule has 0 atom stereocenters. The smallest absolute Gasteiger partial charge is 0.223 e. The zero-order chi connectivity index (χ0) is 12.1. The molecule has 1 N–H and O–H groups in total. The first-order valence-electron chi connectivity index (χ1n) is 4.90. The van der Waals surface area contributed by atoms with Gasteiger partial charge in [0.05, 0.1) is 15.7 Å². The molecule has 0 radical (unpaired) electrons. The van der Waals surface area contributed by atoms with Crippen LogP contribution >= 0.6 is 23.2 Å². The van der Waals surface area contributed by atoms with E-state index in [9.17, 15) is 4.79 Å². The van der Waals surface area contributed by atoms with Crippen LogP contribution < -0.4 is 5.32 Å². The molecule has 0 saturated heterocycles. The van der Waals surface area contributed by atoms with E-state index in [1.165, 1.54) is 0 Å². The summed E-state index contributed by atoms with van der Waals surface area (Å²) in [5, 5.41) is 4.07. The number of hydrogen-bond acceptors (Lipinski definition) is 2. The molecule has 5 heteroatoms. The second-order valence-corrected chi connectivity index (χ2v) is 4.35. The zero-order valence-electron chi connectivity index (χ0n) is 9.26. The number of anilines is 1. The molecular formula is C11H14Cl2N2O. The molecule has 0 aliphatic rings. The van der Waals surface area contributed by atoms with Crippen molar-refractivity contribution in [3.8, 4) is 0 Å². The normalized spacial score (nSPS) is 10.0. The van der Waals surface area contributed by atoms with Crippen LogP contribution in [0.15, 0.2) is 18.2 Å². The van der Waals surface area contributed by atoms with Gasteiger partial charge in [0.25, 0.3) is 0 Å². The highest BCUT2D eigenvalue weighted by Crippen LogP contribution is 2.29. The Kier molecular flexibility index (Phi) is 4.90. The predicted molar refractivity (Wildman–Crippen MR) is 68.3 cm³/mol. The lowest BCUT2D eigenvalue weighted by Gasteiger charge is -2.12. The molecule has 0 saturated carbocycles. The molecule has 0 spiro atoms. The predicted octanol–water partition coefficient (Wildman–Crippen LogP) is 2.88. The van der Waals surface area contributed by atoms with Crippen molar-refractivity contribution in [2.24, 2.45) is 0 Å². The third kappa shape index (κ3) is 3.58. The fraction of sp³-hybridized carbons (Fsp3) is 0.364. The van der Waals surface area contributed by atoms with Crippen molar-refractivity contribution < 1.29 is 4.79 Å². The van der Waals surface area contributed by atoms with Crippen molar-refractivity contribution in [2.45, 2.75) is 6.42 Å². The molecule has 1 amide bonds. The number of benzene rings is 1. The molecule has 0 aromatic heterocycles. The highest BCUT2D eigenvalue weighted by atomic mass is 35.5. The lowest BCUT2D eigenvalue weighted by atomic mass is 10.3. The Labute approximate surface area is 105 Å². The van der Waals surface area contributed by atoms with Crippen LogP contribution in [-0.2, 0) is 4.79 Å². The number of amides is 1. The Hall–Kier alpha value is -0.930. The van der Waals surface area contributed by atoms with Crippen molar-refractivity contribution in [1.82, 2.24) is 4.90 Å². The topological polar surface area (TPSA) is 32.3 Å². The van der Waals surface area contributed by atoms with Crippen LogP contribution in [0, 0.1) is 0 Å². The summed E-state index contributed by atoms with van der Waals surface area (Å²) in [6, 6.07) is 5.36. The quantitative estimate of drug-likeness (QED) is 0.903. The van der Waals surface area contributed by atoms with Gasteiger partial charge in [-0.05, 0) is 12.1 Å². The van der Waals surface area contributed by atoms with E-state index >= 15 is 0 Å². The molecule has 88 valence electrons. The van der Waals surface area contributed by atoms with Gasteiger partial charge in [-0.25, -0.2) is 0 Å². The highest BCUT2D eigenvalue weighted by molar-refractivity contribution is 6.43. The summed E-state index contributed by atoms with van der Waals surface area (Å²) in [5.41, 5.74) is 0.751. The second kappa shape index (κ2) is 5.97. The van der Waals surface area contributed by atoms with Gasteiger partial charge in [-0.2, -0.15) is 0 Å². The molecule has 0 aliphatic carbocycles. The van der Waals surface area contributed by atoms with Gasteiger partial charge in [0.15, 0.2) is 0 Å². The first-order valence-corrected chi connectivity index (χ1v) is 5.66. The largest absolute Gasteiger partial charge is 0.383 e. The second-order valence-electron chi connectivity index (χ2n) is 3.57. The van der Waals surface area contributed by atoms with E-state index in [1.54, 1.807) is 25.1 Å². The van der Waals surface area contributed by atoms with E-state index in [0.717, 1.165) is 5.69 Å². The van der Waals surface area contributed by atoms with E-state index in [4.69, 9.17) is 23.2 Å². The molecule has 1 aromatic rings. The molecule has 0 fully saturated rings. The van der Waals surface area contributed by atoms with Gasteiger partial charge in [0, 0.05) is 27.1 Å². The van der Waals surface area contributed by atoms with Crippen molar-refractivity contribution in [3.05, 3.63) is 28.2 Å². The van der Waals surface area contributed by atoms with Crippen LogP contribution in [0.5, 0.6) is 0 Å². The Morgan fingerprint density at radius 2 is 2.06 bits per heavy atom. The van der Waals surface area contributed by atoms with Crippen LogP contribution in [0.3, 0.4) is 0 Å². The summed E-state index contributed by atoms with van der Waals surface area (Å²) >= 11 is 11.8. The van der Waals surface area contributed by atoms with Gasteiger partial charge >= 0.3 is 0 Å². The minimum Gasteiger partial charge on any atom is -0.383 e. The Morgan fingerprint density at radius 3 is 2.69 bits per heavy atom. The van der Waals surface area contributed by atoms with Gasteiger partial charge in [0.2, 0.25) is 5.91 Å². The summed E-state index contributed by atoms with van der Waals surface area (Å²) in [5.74, 6) is 0.0747. The molecule has 0 heterocycles. The van der Waals surface area contributed by atoms with Gasteiger partial charge < -0.3 is 10.2 Å². The maximum atomic E-state index is 11.3. The summed E-state index contributed by atoms with van der Waals surface area (Å²) < 4.78 is 0. The monoisotopic (exact) mass is 260 g/mol. The van der Waals surface area contributed by atoms with Crippen molar-refractivity contribution >= 4 is 34.8 Å². The lowest BCUT2D eigenvalue weighted by molar-refractivity contribution is -0.128. The average molecular weight is 261 g/mol. The minimum atomic E-state index is 0.0747. The molecule has 0 bridgehead atoms. The van der Waals surface area contributed by atoms with Crippen molar-refractivity contribution in [3.63, 3.8) is 0 Å². The molecule has 0 unspecified atom stereocenters. The van der Waals surface area contributed by atoms with Crippen LogP contribution in [-0.4, -0.2) is 31.4 Å². The molecule has 1 rings (SSSR count). The van der Waals surface area contributed by atoms with Crippen molar-refractivity contribution in [2.75, 3.05) is 26.0 Å². The van der Waals surface area contributed by atoms with Gasteiger partial charge in [0.1, 0.15) is 0 Å². The van der Waals surface area contributed by atoms with Gasteiger partial charge in [-0.3, -0.25) is 4.79 Å². The third-order valence-electron chi connectivity index (χ3n) is 2.10. The number of nitrogens with zero attached hydrogens (tertiary/aromatic N) is 1. The fourth-order valence-corrected chi connectivity index (χ4v) is 1.54. The molecule has 1 aromatic carbocycles. The number of halogens is 2. The SMILES string of the molecule is CN(C)C(=O)CCNc1cccc(Cl)c1Cl. The first-order chi connectivity index (χ1) is 7.52. The molecule has 0 aliphatic heterocycles. The summed E-state index contributed by atoms with van der Waals surface area (Å²) in [6.45, 7) is 0.539. The van der Waals surface area contributed by atoms with E-state index in [-0.39, 0.29) is 5.91 Å². The average Bonchev–Trinajstić information content (AvgIpc) is 2.24. The Bertz CT molecular complexity index is 380. The standard InChI is InChI=1S/C11H14Cl2N2O/c1-15(2)10(16)6-7-14-9-5-3-4-8(12)11(9)13/h3-5,14H,6-7H2,1-2H3. The third-order valence-corrected chi connectivity index (χ3v) is 2.92. The number of hydrogen-bond donors (Lipinski definition) is 1. The highest BCUT2D eigenvalue weighted by Gasteiger charge is 2.06. The Balaban J connectivity index is 2.49. The minimum absolute atomic E-state index is 0.0747. The van der Waals surface area contributed by atoms with Crippen molar-refractivity contribution in [1.29, 1.82) is 0 Å². The fourth-order valence-electron chi connectivity index (χ4n) is 1.17. The number of carbonyl (C=O) groups is 1. The number of nitrogens with one attached hydrogen (secondary N) is 1. The Morgan fingerprint density at radius 1 is 1.38 bits per heavy atom. The molecular weight excluding hydrogens is 247 g/mol. The maximum Gasteiger partial charge on any atom is 0.223 e. The number of rotatable bonds is 4. The zero-order valence-corrected chi connectivity index (χ0v) is 10.8. The molecule has 3 nitrogen and oxygen atoms in total. The van der Waals surface area contributed by atoms with E-state index in [1.807, 2.05) is 12.1 Å². The number of carbonyl (C=O) groups excluding carboxylic acids is 1. The first kappa shape index (κ1) is 13.1. The maximum absolute atomic E-state index is 11.3. The van der Waals surface area contributed by atoms with Gasteiger partial charge in [-0.15, -0.1) is 0 Å². The van der Waals surface area contributed by atoms with E-state index in [2.05, 4.69) is 5.32 Å². The van der Waals surface area contributed by atoms with Crippen LogP contribution in [0.2, 0.25) is 10.0 Å². The van der Waals surface area contributed by atoms with Crippen LogP contribution in [0.4, 0.5) is 5.69 Å². The van der Waals surface area contributed by atoms with Crippen LogP contribution in [0.25, 0.3) is 0 Å². The summed E-state index contributed by atoms with van der Waals surface area (Å²) in [7, 11) is 3.46. The van der Waals surface area contributed by atoms with E-state index < -0.39 is 0 Å². The van der Waals surface area contributed by atoms with Gasteiger partial charge in [-0.1, -0.05) is 29.3 Å². The summed E-state index contributed by atoms with van der Waals surface area (Å²) in [6.07, 6.45) is 0.426. The summed E-state index contributed by atoms with van der Waals surface area (Å²) in [4.78, 5) is 12.9. The van der Waals surface area contributed by atoms with E-state index in [0.29, 0.717) is 23.0 Å². The van der Waals surface area contributed by atoms with Crippen LogP contribution in [0.1, 0.15) is 6.42 Å².